The molecule has 0 aromatic heterocycles. The first-order valence-electron chi connectivity index (χ1n) is 10.2. The van der Waals surface area contributed by atoms with Crippen molar-refractivity contribution in [3.8, 4) is 11.5 Å². The Morgan fingerprint density at radius 2 is 1.67 bits per heavy atom. The first kappa shape index (κ1) is 29.3. The van der Waals surface area contributed by atoms with E-state index in [1.54, 1.807) is 12.1 Å². The molecule has 0 spiro atoms. The molecule has 11 heteroatoms. The maximum absolute atomic E-state index is 12.8. The van der Waals surface area contributed by atoms with Crippen molar-refractivity contribution >= 4 is 62.3 Å². The van der Waals surface area contributed by atoms with Crippen LogP contribution in [-0.4, -0.2) is 32.2 Å². The van der Waals surface area contributed by atoms with Gasteiger partial charge in [-0.3, -0.25) is 0 Å². The normalized spacial score (nSPS) is 13.8. The van der Waals surface area contributed by atoms with E-state index >= 15 is 0 Å². The highest BCUT2D eigenvalue weighted by atomic mass is 33.0. The summed E-state index contributed by atoms with van der Waals surface area (Å²) in [5.41, 5.74) is 0.501. The van der Waals surface area contributed by atoms with Gasteiger partial charge in [-0.05, 0) is 59.1 Å². The van der Waals surface area contributed by atoms with Crippen LogP contribution in [0.2, 0.25) is 0 Å². The second-order valence-corrected chi connectivity index (χ2v) is 31.3. The molecule has 0 N–H and O–H groups in total. The third-order valence-corrected chi connectivity index (χ3v) is 40.6. The van der Waals surface area contributed by atoms with Gasteiger partial charge in [-0.2, -0.15) is 0 Å². The Morgan fingerprint density at radius 1 is 1.07 bits per heavy atom. The van der Waals surface area contributed by atoms with Gasteiger partial charge in [-0.1, -0.05) is 41.6 Å². The number of esters is 1. The van der Waals surface area contributed by atoms with E-state index < -0.39 is 0 Å². The van der Waals surface area contributed by atoms with Gasteiger partial charge in [0.15, 0.2) is 0 Å². The van der Waals surface area contributed by atoms with Crippen LogP contribution in [0.25, 0.3) is 0 Å². The molecule has 0 radical (unpaired) electrons. The molecule has 4 nitrogen and oxygen atoms in total. The smallest absolute Gasteiger partial charge is 0.338 e. The lowest BCUT2D eigenvalue weighted by Crippen LogP contribution is -2.08. The molecule has 1 aromatic carbocycles. The van der Waals surface area contributed by atoms with Crippen molar-refractivity contribution in [2.75, 3.05) is 26.2 Å². The monoisotopic (exact) mass is 546 g/mol. The lowest BCUT2D eigenvalue weighted by molar-refractivity contribution is 0.0575. The summed E-state index contributed by atoms with van der Waals surface area (Å²) in [5.74, 6) is 1.71. The zero-order valence-electron chi connectivity index (χ0n) is 18.5. The van der Waals surface area contributed by atoms with E-state index in [4.69, 9.17) is 14.2 Å². The van der Waals surface area contributed by atoms with E-state index in [0.717, 1.165) is 33.6 Å². The Balaban J connectivity index is 2.83. The minimum Gasteiger partial charge on any atom is -0.493 e. The number of carbonyl (C=O) groups excluding carboxylic acids is 1. The number of ether oxygens (including phenoxy) is 3. The van der Waals surface area contributed by atoms with Crippen LogP contribution >= 0.6 is 56.3 Å². The van der Waals surface area contributed by atoms with Crippen LogP contribution in [-0.2, 0) is 4.74 Å². The summed E-state index contributed by atoms with van der Waals surface area (Å²) < 4.78 is 17.5. The third-order valence-electron chi connectivity index (χ3n) is 4.58. The molecule has 0 heterocycles. The predicted octanol–water partition coefficient (Wildman–Crippen LogP) is 8.66. The molecular formula is C19H37O4P7. The molecule has 0 amide bonds. The Bertz CT molecular complexity index is 629. The summed E-state index contributed by atoms with van der Waals surface area (Å²) in [7, 11) is 9.27. The topological polar surface area (TPSA) is 44.8 Å². The summed E-state index contributed by atoms with van der Waals surface area (Å²) in [5, 5.41) is 0. The van der Waals surface area contributed by atoms with Crippen LogP contribution in [0, 0.1) is 5.92 Å². The van der Waals surface area contributed by atoms with E-state index in [1.807, 2.05) is 6.07 Å². The van der Waals surface area contributed by atoms with Crippen LogP contribution in [0.5, 0.6) is 11.5 Å². The summed E-state index contributed by atoms with van der Waals surface area (Å²) in [6.45, 7) is 9.75. The van der Waals surface area contributed by atoms with Gasteiger partial charge in [0, 0.05) is 6.07 Å². The van der Waals surface area contributed by atoms with Gasteiger partial charge in [0.05, 0.1) is 18.8 Å². The highest BCUT2D eigenvalue weighted by Gasteiger charge is 2.21. The number of carbonyl (C=O) groups is 1. The average molecular weight is 546 g/mol. The first-order chi connectivity index (χ1) is 14.4. The fourth-order valence-electron chi connectivity index (χ4n) is 2.75. The molecule has 0 aliphatic rings. The zero-order valence-corrected chi connectivity index (χ0v) is 25.6. The molecule has 1 aromatic rings. The second-order valence-electron chi connectivity index (χ2n) is 6.88. The molecule has 6 atom stereocenters. The van der Waals surface area contributed by atoms with Gasteiger partial charge in [-0.25, -0.2) is 4.79 Å². The first-order valence-corrected chi connectivity index (χ1v) is 23.2. The Kier molecular flexibility index (Phi) is 16.5. The lowest BCUT2D eigenvalue weighted by atomic mass is 10.0. The van der Waals surface area contributed by atoms with Crippen molar-refractivity contribution in [2.24, 2.45) is 5.92 Å². The summed E-state index contributed by atoms with van der Waals surface area (Å²) in [6.07, 6.45) is 4.75. The summed E-state index contributed by atoms with van der Waals surface area (Å²) >= 11 is 0. The SMILES string of the molecule is CCCOc1cc(OCCC(CC)CC)cc(C(=O)OCP(C)P(PP)P(P)P)c1. The molecule has 1 rings (SSSR count). The van der Waals surface area contributed by atoms with E-state index in [-0.39, 0.29) is 27.6 Å². The highest BCUT2D eigenvalue weighted by molar-refractivity contribution is 9.01. The van der Waals surface area contributed by atoms with Crippen LogP contribution in [0.3, 0.4) is 0 Å². The van der Waals surface area contributed by atoms with E-state index in [2.05, 4.69) is 54.2 Å². The molecule has 172 valence electrons. The Hall–Kier alpha value is 1.30. The molecule has 6 unspecified atom stereocenters. The van der Waals surface area contributed by atoms with Crippen molar-refractivity contribution in [3.05, 3.63) is 23.8 Å². The molecule has 0 bridgehead atoms. The van der Waals surface area contributed by atoms with E-state index in [1.165, 1.54) is 0 Å². The number of hydrogen-bond donors (Lipinski definition) is 0. The zero-order chi connectivity index (χ0) is 22.5. The molecule has 0 saturated heterocycles. The van der Waals surface area contributed by atoms with Crippen molar-refractivity contribution in [2.45, 2.75) is 46.5 Å². The highest BCUT2D eigenvalue weighted by Crippen LogP contribution is 2.99. The van der Waals surface area contributed by atoms with Crippen LogP contribution < -0.4 is 9.47 Å². The van der Waals surface area contributed by atoms with Crippen molar-refractivity contribution in [1.29, 1.82) is 0 Å². The van der Waals surface area contributed by atoms with Crippen LogP contribution in [0.15, 0.2) is 18.2 Å². The van der Waals surface area contributed by atoms with Crippen LogP contribution in [0.1, 0.15) is 56.8 Å². The van der Waals surface area contributed by atoms with E-state index in [9.17, 15) is 4.79 Å². The van der Waals surface area contributed by atoms with Gasteiger partial charge < -0.3 is 14.2 Å². The summed E-state index contributed by atoms with van der Waals surface area (Å²) in [4.78, 5) is 12.8. The maximum atomic E-state index is 12.8. The van der Waals surface area contributed by atoms with Crippen LogP contribution in [0.4, 0.5) is 0 Å². The third kappa shape index (κ3) is 10.9. The number of rotatable bonds is 15. The minimum atomic E-state index is -0.314. The second kappa shape index (κ2) is 16.8. The minimum absolute atomic E-state index is 0.0969. The fourth-order valence-corrected chi connectivity index (χ4v) is 42.8. The molecule has 0 aliphatic carbocycles. The molecular weight excluding hydrogens is 509 g/mol. The van der Waals surface area contributed by atoms with Gasteiger partial charge in [-0.15, -0.1) is 26.8 Å². The number of benzene rings is 1. The van der Waals surface area contributed by atoms with E-state index in [0.29, 0.717) is 42.5 Å². The van der Waals surface area contributed by atoms with Gasteiger partial charge in [0.2, 0.25) is 0 Å². The summed E-state index contributed by atoms with van der Waals surface area (Å²) in [6, 6.07) is 5.42. The molecule has 30 heavy (non-hydrogen) atoms. The Labute approximate surface area is 194 Å². The maximum Gasteiger partial charge on any atom is 0.338 e. The molecule has 0 fully saturated rings. The molecule has 0 saturated carbocycles. The average Bonchev–Trinajstić information content (AvgIpc) is 2.73. The predicted molar refractivity (Wildman–Crippen MR) is 151 cm³/mol. The van der Waals surface area contributed by atoms with Gasteiger partial charge in [0.1, 0.15) is 17.8 Å². The van der Waals surface area contributed by atoms with Gasteiger partial charge in [0.25, 0.3) is 0 Å². The van der Waals surface area contributed by atoms with Crippen molar-refractivity contribution in [3.63, 3.8) is 0 Å². The molecule has 0 aliphatic heterocycles. The number of hydrogen-bond acceptors (Lipinski definition) is 4. The van der Waals surface area contributed by atoms with Crippen molar-refractivity contribution in [1.82, 2.24) is 0 Å². The van der Waals surface area contributed by atoms with Crippen molar-refractivity contribution < 1.29 is 19.0 Å². The standard InChI is InChI=1S/C19H37O4P7/c1-5-9-21-17-11-16(12-18(13-17)22-10-8-15(6-2)7-3)19(20)23-14-28(4)30(27-24)29(25)26/h11-13,15,27H,5-10,14,24-26H2,1-4H3. The quantitative estimate of drug-likeness (QED) is 0.163. The Morgan fingerprint density at radius 3 is 2.17 bits per heavy atom. The fraction of sp³-hybridized carbons (Fsp3) is 0.632. The van der Waals surface area contributed by atoms with Gasteiger partial charge >= 0.3 is 5.97 Å². The largest absolute Gasteiger partial charge is 0.493 e. The lowest BCUT2D eigenvalue weighted by Gasteiger charge is -2.26.